The van der Waals surface area contributed by atoms with Gasteiger partial charge in [0, 0.05) is 17.5 Å². The molecular weight excluding hydrogens is 216 g/mol. The molecule has 2 rings (SSSR count). The second-order valence-electron chi connectivity index (χ2n) is 2.95. The topological polar surface area (TPSA) is 95.5 Å². The summed E-state index contributed by atoms with van der Waals surface area (Å²) in [6.45, 7) is 0. The number of pyridine rings is 1. The van der Waals surface area contributed by atoms with Crippen LogP contribution in [0.25, 0.3) is 11.1 Å². The lowest BCUT2D eigenvalue weighted by Crippen LogP contribution is -1.97. The van der Waals surface area contributed by atoms with Gasteiger partial charge in [0.1, 0.15) is 6.20 Å². The van der Waals surface area contributed by atoms with Crippen molar-refractivity contribution in [1.82, 2.24) is 4.98 Å². The molecule has 0 amide bonds. The number of carbonyl (C=O) groups is 1. The Hall–Kier alpha value is -2.44. The maximum atomic E-state index is 11.1. The smallest absolute Gasteiger partial charge is 0.374 e. The van der Waals surface area contributed by atoms with E-state index in [4.69, 9.17) is 4.42 Å². The molecule has 2 aromatic rings. The van der Waals surface area contributed by atoms with Crippen LogP contribution in [0.2, 0.25) is 0 Å². The molecule has 0 atom stereocenters. The Balaban J connectivity index is 2.54. The van der Waals surface area contributed by atoms with E-state index in [1.165, 1.54) is 19.2 Å². The summed E-state index contributed by atoms with van der Waals surface area (Å²) in [5.41, 5.74) is -0.00397. The number of fused-ring (bicyclic) bond motifs is 1. The van der Waals surface area contributed by atoms with Gasteiger partial charge in [-0.1, -0.05) is 0 Å². The highest BCUT2D eigenvalue weighted by Crippen LogP contribution is 2.22. The van der Waals surface area contributed by atoms with Crippen LogP contribution in [0.3, 0.4) is 0 Å². The van der Waals surface area contributed by atoms with Gasteiger partial charge in [0.25, 0.3) is 5.69 Å². The molecule has 7 nitrogen and oxygen atoms in total. The fraction of sp³-hybridized carbons (Fsp3) is 0.111. The zero-order chi connectivity index (χ0) is 11.7. The molecule has 0 spiro atoms. The molecule has 82 valence electrons. The van der Waals surface area contributed by atoms with Gasteiger partial charge < -0.3 is 9.15 Å². The fourth-order valence-corrected chi connectivity index (χ4v) is 1.22. The van der Waals surface area contributed by atoms with Gasteiger partial charge in [-0.05, 0) is 0 Å². The fourth-order valence-electron chi connectivity index (χ4n) is 1.22. The lowest BCUT2D eigenvalue weighted by atomic mass is 10.3. The quantitative estimate of drug-likeness (QED) is 0.434. The van der Waals surface area contributed by atoms with Crippen LogP contribution in [0, 0.1) is 10.1 Å². The van der Waals surface area contributed by atoms with Crippen LogP contribution in [-0.4, -0.2) is 23.0 Å². The Bertz CT molecular complexity index is 574. The maximum Gasteiger partial charge on any atom is 0.374 e. The normalized spacial score (nSPS) is 10.3. The number of nitrogens with zero attached hydrogens (tertiary/aromatic N) is 2. The Labute approximate surface area is 88.8 Å². The van der Waals surface area contributed by atoms with Crippen LogP contribution in [-0.2, 0) is 4.74 Å². The minimum Gasteiger partial charge on any atom is -0.463 e. The maximum absolute atomic E-state index is 11.1. The van der Waals surface area contributed by atoms with Crippen molar-refractivity contribution in [2.45, 2.75) is 0 Å². The summed E-state index contributed by atoms with van der Waals surface area (Å²) in [5.74, 6) is -0.689. The number of hydrogen-bond donors (Lipinski definition) is 0. The van der Waals surface area contributed by atoms with E-state index in [2.05, 4.69) is 9.72 Å². The summed E-state index contributed by atoms with van der Waals surface area (Å²) in [5, 5.41) is 10.9. The number of carbonyl (C=O) groups excluding carboxylic acids is 1. The third-order valence-electron chi connectivity index (χ3n) is 1.96. The van der Waals surface area contributed by atoms with E-state index in [0.29, 0.717) is 5.39 Å². The Morgan fingerprint density at radius 2 is 2.31 bits per heavy atom. The number of ether oxygens (including phenoxy) is 1. The molecule has 0 N–H and O–H groups in total. The van der Waals surface area contributed by atoms with Crippen LogP contribution < -0.4 is 0 Å². The minimum atomic E-state index is -0.652. The van der Waals surface area contributed by atoms with Gasteiger partial charge in [-0.2, -0.15) is 0 Å². The van der Waals surface area contributed by atoms with E-state index < -0.39 is 10.9 Å². The van der Waals surface area contributed by atoms with Gasteiger partial charge in [-0.15, -0.1) is 0 Å². The van der Waals surface area contributed by atoms with Gasteiger partial charge in [0.05, 0.1) is 12.0 Å². The van der Waals surface area contributed by atoms with Crippen molar-refractivity contribution >= 4 is 22.8 Å². The Morgan fingerprint density at radius 3 is 2.94 bits per heavy atom. The van der Waals surface area contributed by atoms with Crippen LogP contribution in [0.4, 0.5) is 5.69 Å². The molecule has 0 radical (unpaired) electrons. The first-order valence-electron chi connectivity index (χ1n) is 4.24. The molecule has 0 fully saturated rings. The molecule has 0 aromatic carbocycles. The molecule has 0 aliphatic carbocycles. The average molecular weight is 222 g/mol. The summed E-state index contributed by atoms with van der Waals surface area (Å²) in [4.78, 5) is 24.8. The number of nitro groups is 1. The molecule has 2 aromatic heterocycles. The van der Waals surface area contributed by atoms with Crippen molar-refractivity contribution < 1.29 is 18.9 Å². The van der Waals surface area contributed by atoms with Crippen LogP contribution >= 0.6 is 0 Å². The summed E-state index contributed by atoms with van der Waals surface area (Å²) < 4.78 is 9.50. The number of aromatic nitrogens is 1. The van der Waals surface area contributed by atoms with E-state index in [9.17, 15) is 14.9 Å². The van der Waals surface area contributed by atoms with E-state index in [-0.39, 0.29) is 17.2 Å². The number of furan rings is 1. The van der Waals surface area contributed by atoms with Crippen LogP contribution in [0.5, 0.6) is 0 Å². The highest BCUT2D eigenvalue weighted by Gasteiger charge is 2.15. The molecule has 0 aliphatic heterocycles. The molecule has 0 saturated carbocycles. The number of hydrogen-bond acceptors (Lipinski definition) is 6. The third-order valence-corrected chi connectivity index (χ3v) is 1.96. The molecule has 7 heteroatoms. The van der Waals surface area contributed by atoms with Gasteiger partial charge >= 0.3 is 5.97 Å². The number of methoxy groups -OCH3 is 1. The van der Waals surface area contributed by atoms with Crippen LogP contribution in [0.15, 0.2) is 22.7 Å². The van der Waals surface area contributed by atoms with E-state index in [1.807, 2.05) is 0 Å². The zero-order valence-electron chi connectivity index (χ0n) is 8.17. The molecule has 0 saturated heterocycles. The van der Waals surface area contributed by atoms with Crippen molar-refractivity contribution in [3.63, 3.8) is 0 Å². The van der Waals surface area contributed by atoms with Crippen molar-refractivity contribution in [2.24, 2.45) is 0 Å². The van der Waals surface area contributed by atoms with Crippen molar-refractivity contribution in [3.8, 4) is 0 Å². The Kier molecular flexibility index (Phi) is 2.28. The van der Waals surface area contributed by atoms with Gasteiger partial charge in [-0.25, -0.2) is 9.78 Å². The second kappa shape index (κ2) is 3.61. The molecule has 0 aliphatic rings. The average Bonchev–Trinajstić information content (AvgIpc) is 2.70. The summed E-state index contributed by atoms with van der Waals surface area (Å²) >= 11 is 0. The Morgan fingerprint density at radius 1 is 1.56 bits per heavy atom. The highest BCUT2D eigenvalue weighted by atomic mass is 16.6. The van der Waals surface area contributed by atoms with E-state index in [1.54, 1.807) is 0 Å². The molecule has 0 unspecified atom stereocenters. The van der Waals surface area contributed by atoms with Crippen molar-refractivity contribution in [2.75, 3.05) is 7.11 Å². The molecular formula is C9H6N2O5. The van der Waals surface area contributed by atoms with E-state index >= 15 is 0 Å². The second-order valence-corrected chi connectivity index (χ2v) is 2.95. The predicted octanol–water partition coefficient (Wildman–Crippen LogP) is 1.52. The van der Waals surface area contributed by atoms with Crippen LogP contribution in [0.1, 0.15) is 10.6 Å². The first-order valence-corrected chi connectivity index (χ1v) is 4.24. The summed E-state index contributed by atoms with van der Waals surface area (Å²) in [6.07, 6.45) is 1.06. The molecule has 2 heterocycles. The highest BCUT2D eigenvalue weighted by molar-refractivity contribution is 5.91. The lowest BCUT2D eigenvalue weighted by Gasteiger charge is -1.90. The zero-order valence-corrected chi connectivity index (χ0v) is 8.17. The predicted molar refractivity (Wildman–Crippen MR) is 52.0 cm³/mol. The van der Waals surface area contributed by atoms with Gasteiger partial charge in [0.2, 0.25) is 11.5 Å². The number of esters is 1. The van der Waals surface area contributed by atoms with Gasteiger partial charge in [0.15, 0.2) is 0 Å². The first kappa shape index (κ1) is 10.1. The van der Waals surface area contributed by atoms with Crippen molar-refractivity contribution in [3.05, 3.63) is 34.2 Å². The first-order chi connectivity index (χ1) is 7.61. The summed E-state index contributed by atoms with van der Waals surface area (Å²) in [7, 11) is 1.21. The lowest BCUT2D eigenvalue weighted by molar-refractivity contribution is -0.385. The van der Waals surface area contributed by atoms with Crippen molar-refractivity contribution in [1.29, 1.82) is 0 Å². The largest absolute Gasteiger partial charge is 0.463 e. The third kappa shape index (κ3) is 1.58. The minimum absolute atomic E-state index is 0.0366. The molecule has 16 heavy (non-hydrogen) atoms. The molecule has 0 bridgehead atoms. The monoisotopic (exact) mass is 222 g/mol. The van der Waals surface area contributed by atoms with E-state index in [0.717, 1.165) is 6.20 Å². The van der Waals surface area contributed by atoms with Gasteiger partial charge in [-0.3, -0.25) is 10.1 Å². The standard InChI is InChI=1S/C9H6N2O5/c1-15-9(12)7-3-5-2-6(11(13)14)4-10-8(5)16-7/h2-4H,1H3. The summed E-state index contributed by atoms with van der Waals surface area (Å²) in [6, 6.07) is 2.62. The SMILES string of the molecule is COC(=O)c1cc2cc([N+](=O)[O-])cnc2o1. The number of rotatable bonds is 2.